The number of aliphatic hydroxyl groups is 1. The maximum atomic E-state index is 10.3. The van der Waals surface area contributed by atoms with Gasteiger partial charge in [-0.2, -0.15) is 0 Å². The fraction of sp³-hybridized carbons (Fsp3) is 0.625. The van der Waals surface area contributed by atoms with Crippen LogP contribution in [0.2, 0.25) is 0 Å². The molecule has 1 N–H and O–H groups in total. The molecule has 0 amide bonds. The summed E-state index contributed by atoms with van der Waals surface area (Å²) in [6.07, 6.45) is 3.27. The molecule has 1 aromatic rings. The van der Waals surface area contributed by atoms with Gasteiger partial charge in [-0.1, -0.05) is 44.5 Å². The molecule has 0 aliphatic carbocycles. The van der Waals surface area contributed by atoms with Gasteiger partial charge in [0, 0.05) is 13.1 Å². The van der Waals surface area contributed by atoms with Crippen LogP contribution in [0.5, 0.6) is 0 Å². The van der Waals surface area contributed by atoms with E-state index in [0.717, 1.165) is 37.5 Å². The smallest absolute Gasteiger partial charge is 0.0916 e. The van der Waals surface area contributed by atoms with Crippen molar-refractivity contribution < 1.29 is 5.11 Å². The Kier molecular flexibility index (Phi) is 4.79. The van der Waals surface area contributed by atoms with Gasteiger partial charge < -0.3 is 10.0 Å². The largest absolute Gasteiger partial charge is 0.387 e. The summed E-state index contributed by atoms with van der Waals surface area (Å²) >= 11 is 0. The van der Waals surface area contributed by atoms with E-state index in [1.54, 1.807) is 0 Å². The van der Waals surface area contributed by atoms with Crippen molar-refractivity contribution in [2.75, 3.05) is 19.6 Å². The summed E-state index contributed by atoms with van der Waals surface area (Å²) in [7, 11) is 0. The fourth-order valence-corrected chi connectivity index (χ4v) is 2.74. The molecule has 2 rings (SSSR count). The molecule has 2 heteroatoms. The molecule has 2 atom stereocenters. The lowest BCUT2D eigenvalue weighted by molar-refractivity contribution is 0.124. The molecule has 0 spiro atoms. The van der Waals surface area contributed by atoms with Crippen LogP contribution in [0, 0.1) is 5.92 Å². The normalized spacial score (nSPS) is 22.3. The average molecular weight is 247 g/mol. The minimum absolute atomic E-state index is 0.341. The molecule has 1 heterocycles. The molecule has 1 aromatic carbocycles. The summed E-state index contributed by atoms with van der Waals surface area (Å²) in [6.45, 7) is 7.49. The number of nitrogens with zero attached hydrogens (tertiary/aromatic N) is 1. The molecule has 0 bridgehead atoms. The summed E-state index contributed by atoms with van der Waals surface area (Å²) in [6, 6.07) is 8.38. The van der Waals surface area contributed by atoms with Crippen LogP contribution < -0.4 is 0 Å². The number of hydrogen-bond acceptors (Lipinski definition) is 2. The van der Waals surface area contributed by atoms with Gasteiger partial charge in [0.15, 0.2) is 0 Å². The Labute approximate surface area is 111 Å². The Morgan fingerprint density at radius 2 is 2.00 bits per heavy atom. The van der Waals surface area contributed by atoms with Crippen LogP contribution in [0.1, 0.15) is 43.9 Å². The van der Waals surface area contributed by atoms with Crippen LogP contribution in [0.4, 0.5) is 0 Å². The van der Waals surface area contributed by atoms with Gasteiger partial charge in [0.05, 0.1) is 6.10 Å². The zero-order chi connectivity index (χ0) is 13.0. The highest BCUT2D eigenvalue weighted by Crippen LogP contribution is 2.22. The van der Waals surface area contributed by atoms with E-state index < -0.39 is 0 Å². The van der Waals surface area contributed by atoms with E-state index in [1.165, 1.54) is 18.4 Å². The van der Waals surface area contributed by atoms with Gasteiger partial charge in [-0.05, 0) is 36.4 Å². The molecule has 1 fully saturated rings. The maximum absolute atomic E-state index is 10.3. The van der Waals surface area contributed by atoms with Gasteiger partial charge in [-0.15, -0.1) is 0 Å². The Bertz CT molecular complexity index is 360. The lowest BCUT2D eigenvalue weighted by atomic mass is 10.1. The standard InChI is InChI=1S/C16H25NO/c1-3-13-5-7-15(8-6-13)16(18)12-17-10-9-14(4-2)11-17/h5-8,14,16,18H,3-4,9-12H2,1-2H3. The van der Waals surface area contributed by atoms with Gasteiger partial charge >= 0.3 is 0 Å². The first-order chi connectivity index (χ1) is 8.72. The van der Waals surface area contributed by atoms with E-state index in [0.29, 0.717) is 0 Å². The van der Waals surface area contributed by atoms with Crippen molar-refractivity contribution in [1.82, 2.24) is 4.90 Å². The number of likely N-dealkylation sites (tertiary alicyclic amines) is 1. The number of aryl methyl sites for hydroxylation is 1. The highest BCUT2D eigenvalue weighted by Gasteiger charge is 2.23. The quantitative estimate of drug-likeness (QED) is 0.864. The Hall–Kier alpha value is -0.860. The topological polar surface area (TPSA) is 23.5 Å². The summed E-state index contributed by atoms with van der Waals surface area (Å²) in [5, 5.41) is 10.3. The molecule has 1 aliphatic rings. The Morgan fingerprint density at radius 3 is 2.56 bits per heavy atom. The predicted molar refractivity (Wildman–Crippen MR) is 75.6 cm³/mol. The highest BCUT2D eigenvalue weighted by molar-refractivity contribution is 5.24. The molecule has 0 aromatic heterocycles. The zero-order valence-corrected chi connectivity index (χ0v) is 11.6. The van der Waals surface area contributed by atoms with Gasteiger partial charge in [-0.25, -0.2) is 0 Å². The van der Waals surface area contributed by atoms with Crippen LogP contribution in [-0.4, -0.2) is 29.6 Å². The van der Waals surface area contributed by atoms with Gasteiger partial charge in [-0.3, -0.25) is 0 Å². The molecular weight excluding hydrogens is 222 g/mol. The van der Waals surface area contributed by atoms with Crippen molar-refractivity contribution in [1.29, 1.82) is 0 Å². The number of aliphatic hydroxyl groups excluding tert-OH is 1. The molecule has 18 heavy (non-hydrogen) atoms. The minimum atomic E-state index is -0.341. The fourth-order valence-electron chi connectivity index (χ4n) is 2.74. The van der Waals surface area contributed by atoms with Gasteiger partial charge in [0.25, 0.3) is 0 Å². The Balaban J connectivity index is 1.89. The first-order valence-corrected chi connectivity index (χ1v) is 7.22. The number of β-amino-alcohol motifs (C(OH)–C–C–N with tert-alkyl or cyclic N) is 1. The number of hydrogen-bond donors (Lipinski definition) is 1. The van der Waals surface area contributed by atoms with Crippen molar-refractivity contribution in [2.45, 2.75) is 39.2 Å². The second-order valence-corrected chi connectivity index (χ2v) is 5.43. The van der Waals surface area contributed by atoms with E-state index in [2.05, 4.69) is 43.0 Å². The zero-order valence-electron chi connectivity index (χ0n) is 11.6. The minimum Gasteiger partial charge on any atom is -0.387 e. The maximum Gasteiger partial charge on any atom is 0.0916 e. The van der Waals surface area contributed by atoms with E-state index >= 15 is 0 Å². The number of benzene rings is 1. The average Bonchev–Trinajstić information content (AvgIpc) is 2.86. The third kappa shape index (κ3) is 3.33. The first kappa shape index (κ1) is 13.6. The second-order valence-electron chi connectivity index (χ2n) is 5.43. The Morgan fingerprint density at radius 1 is 1.28 bits per heavy atom. The van der Waals surface area contributed by atoms with Crippen molar-refractivity contribution in [2.24, 2.45) is 5.92 Å². The van der Waals surface area contributed by atoms with Crippen LogP contribution in [0.25, 0.3) is 0 Å². The number of rotatable bonds is 5. The van der Waals surface area contributed by atoms with Gasteiger partial charge in [0.1, 0.15) is 0 Å². The molecular formula is C16H25NO. The lowest BCUT2D eigenvalue weighted by Crippen LogP contribution is -2.26. The molecule has 2 unspecified atom stereocenters. The summed E-state index contributed by atoms with van der Waals surface area (Å²) in [5.41, 5.74) is 2.38. The van der Waals surface area contributed by atoms with Crippen molar-refractivity contribution in [3.63, 3.8) is 0 Å². The molecule has 2 nitrogen and oxygen atoms in total. The molecule has 1 saturated heterocycles. The van der Waals surface area contributed by atoms with E-state index in [1.807, 2.05) is 0 Å². The molecule has 0 saturated carbocycles. The van der Waals surface area contributed by atoms with E-state index in [-0.39, 0.29) is 6.10 Å². The second kappa shape index (κ2) is 6.35. The highest BCUT2D eigenvalue weighted by atomic mass is 16.3. The van der Waals surface area contributed by atoms with Gasteiger partial charge in [0.2, 0.25) is 0 Å². The summed E-state index contributed by atoms with van der Waals surface area (Å²) < 4.78 is 0. The van der Waals surface area contributed by atoms with Crippen molar-refractivity contribution >= 4 is 0 Å². The van der Waals surface area contributed by atoms with E-state index in [9.17, 15) is 5.11 Å². The van der Waals surface area contributed by atoms with Crippen molar-refractivity contribution in [3.05, 3.63) is 35.4 Å². The third-order valence-electron chi connectivity index (χ3n) is 4.15. The monoisotopic (exact) mass is 247 g/mol. The predicted octanol–water partition coefficient (Wildman–Crippen LogP) is 3.01. The van der Waals surface area contributed by atoms with Crippen molar-refractivity contribution in [3.8, 4) is 0 Å². The molecule has 0 radical (unpaired) electrons. The summed E-state index contributed by atoms with van der Waals surface area (Å²) in [5.74, 6) is 0.833. The SMILES string of the molecule is CCc1ccc(C(O)CN2CCC(CC)C2)cc1. The molecule has 100 valence electrons. The summed E-state index contributed by atoms with van der Waals surface area (Å²) in [4.78, 5) is 2.40. The van der Waals surface area contributed by atoms with Crippen LogP contribution in [-0.2, 0) is 6.42 Å². The lowest BCUT2D eigenvalue weighted by Gasteiger charge is -2.20. The third-order valence-corrected chi connectivity index (χ3v) is 4.15. The first-order valence-electron chi connectivity index (χ1n) is 7.22. The van der Waals surface area contributed by atoms with Crippen LogP contribution in [0.3, 0.4) is 0 Å². The molecule has 1 aliphatic heterocycles. The van der Waals surface area contributed by atoms with Crippen LogP contribution in [0.15, 0.2) is 24.3 Å². The van der Waals surface area contributed by atoms with E-state index in [4.69, 9.17) is 0 Å². The van der Waals surface area contributed by atoms with Crippen LogP contribution >= 0.6 is 0 Å².